The zero-order chi connectivity index (χ0) is 11.8. The molecule has 4 atom stereocenters. The lowest BCUT2D eigenvalue weighted by molar-refractivity contribution is 0.0728. The molecule has 2 aliphatic carbocycles. The second kappa shape index (κ2) is 4.45. The van der Waals surface area contributed by atoms with Gasteiger partial charge in [0.1, 0.15) is 0 Å². The Bertz CT molecular complexity index is 398. The minimum atomic E-state index is -0.0779. The molecule has 0 spiro atoms. The molecule has 1 fully saturated rings. The molecule has 1 saturated carbocycles. The van der Waals surface area contributed by atoms with E-state index >= 15 is 0 Å². The highest BCUT2D eigenvalue weighted by atomic mass is 16.3. The van der Waals surface area contributed by atoms with Crippen molar-refractivity contribution in [2.75, 3.05) is 0 Å². The van der Waals surface area contributed by atoms with Crippen LogP contribution >= 0.6 is 0 Å². The third-order valence-electron chi connectivity index (χ3n) is 4.91. The molecule has 0 heterocycles. The van der Waals surface area contributed by atoms with E-state index in [9.17, 15) is 5.11 Å². The fourth-order valence-corrected chi connectivity index (χ4v) is 3.79. The highest BCUT2D eigenvalue weighted by Gasteiger charge is 2.34. The van der Waals surface area contributed by atoms with Crippen LogP contribution in [0.15, 0.2) is 24.3 Å². The van der Waals surface area contributed by atoms with Crippen LogP contribution in [0.25, 0.3) is 0 Å². The predicted molar refractivity (Wildman–Crippen MR) is 70.0 cm³/mol. The van der Waals surface area contributed by atoms with Crippen molar-refractivity contribution in [1.29, 1.82) is 0 Å². The molecule has 3 rings (SSSR count). The third kappa shape index (κ3) is 2.01. The molecule has 2 aliphatic rings. The molecule has 0 saturated heterocycles. The van der Waals surface area contributed by atoms with Gasteiger partial charge < -0.3 is 5.11 Å². The molecule has 1 aromatic carbocycles. The predicted octanol–water partition coefficient (Wildman–Crippen LogP) is 3.51. The maximum absolute atomic E-state index is 10.4. The summed E-state index contributed by atoms with van der Waals surface area (Å²) in [5, 5.41) is 10.4. The Balaban J connectivity index is 1.62. The van der Waals surface area contributed by atoms with Crippen molar-refractivity contribution in [3.63, 3.8) is 0 Å². The van der Waals surface area contributed by atoms with E-state index in [1.807, 2.05) is 0 Å². The Morgan fingerprint density at radius 2 is 2.12 bits per heavy atom. The highest BCUT2D eigenvalue weighted by molar-refractivity contribution is 5.39. The van der Waals surface area contributed by atoms with E-state index in [0.29, 0.717) is 11.8 Å². The van der Waals surface area contributed by atoms with Crippen LogP contribution in [-0.2, 0) is 6.42 Å². The van der Waals surface area contributed by atoms with E-state index in [1.54, 1.807) is 0 Å². The number of fused-ring (bicyclic) bond motifs is 1. The first-order valence-electron chi connectivity index (χ1n) is 7.01. The molecule has 92 valence electrons. The van der Waals surface area contributed by atoms with E-state index in [1.165, 1.54) is 36.8 Å². The fourth-order valence-electron chi connectivity index (χ4n) is 3.79. The Morgan fingerprint density at radius 1 is 1.29 bits per heavy atom. The number of hydrogen-bond donors (Lipinski definition) is 1. The average Bonchev–Trinajstić information content (AvgIpc) is 2.72. The smallest absolute Gasteiger partial charge is 0.0576 e. The molecule has 0 radical (unpaired) electrons. The van der Waals surface area contributed by atoms with Crippen molar-refractivity contribution in [2.24, 2.45) is 11.8 Å². The van der Waals surface area contributed by atoms with Crippen molar-refractivity contribution in [2.45, 2.75) is 51.0 Å². The van der Waals surface area contributed by atoms with E-state index < -0.39 is 0 Å². The van der Waals surface area contributed by atoms with Gasteiger partial charge in [-0.15, -0.1) is 0 Å². The van der Waals surface area contributed by atoms with Gasteiger partial charge in [0, 0.05) is 0 Å². The maximum Gasteiger partial charge on any atom is 0.0576 e. The van der Waals surface area contributed by atoms with Crippen LogP contribution in [0.3, 0.4) is 0 Å². The number of rotatable bonds is 3. The molecule has 0 aromatic heterocycles. The first-order valence-corrected chi connectivity index (χ1v) is 7.01. The van der Waals surface area contributed by atoms with E-state index in [2.05, 4.69) is 31.2 Å². The molecule has 1 aromatic rings. The van der Waals surface area contributed by atoms with Crippen LogP contribution in [-0.4, -0.2) is 11.2 Å². The first-order chi connectivity index (χ1) is 8.25. The standard InChI is InChI=1S/C16H22O/c1-11-5-4-8-14(11)16(17)10-13-9-12-6-2-3-7-15(12)13/h2-3,6-7,11,13-14,16-17H,4-5,8-10H2,1H3. The van der Waals surface area contributed by atoms with Gasteiger partial charge in [-0.3, -0.25) is 0 Å². The lowest BCUT2D eigenvalue weighted by Crippen LogP contribution is -2.28. The van der Waals surface area contributed by atoms with Crippen molar-refractivity contribution in [3.8, 4) is 0 Å². The van der Waals surface area contributed by atoms with Crippen LogP contribution in [0.2, 0.25) is 0 Å². The largest absolute Gasteiger partial charge is 0.393 e. The van der Waals surface area contributed by atoms with Crippen LogP contribution in [0.5, 0.6) is 0 Å². The molecule has 1 nitrogen and oxygen atoms in total. The second-order valence-corrected chi connectivity index (χ2v) is 5.97. The molecule has 0 aliphatic heterocycles. The number of benzene rings is 1. The minimum Gasteiger partial charge on any atom is -0.393 e. The third-order valence-corrected chi connectivity index (χ3v) is 4.91. The van der Waals surface area contributed by atoms with Crippen molar-refractivity contribution < 1.29 is 5.11 Å². The summed E-state index contributed by atoms with van der Waals surface area (Å²) in [6.45, 7) is 2.30. The average molecular weight is 230 g/mol. The monoisotopic (exact) mass is 230 g/mol. The van der Waals surface area contributed by atoms with E-state index in [-0.39, 0.29) is 6.10 Å². The second-order valence-electron chi connectivity index (χ2n) is 5.97. The van der Waals surface area contributed by atoms with Gasteiger partial charge in [-0.25, -0.2) is 0 Å². The van der Waals surface area contributed by atoms with Gasteiger partial charge >= 0.3 is 0 Å². The summed E-state index contributed by atoms with van der Waals surface area (Å²) in [4.78, 5) is 0. The summed E-state index contributed by atoms with van der Waals surface area (Å²) in [6.07, 6.45) is 5.93. The summed E-state index contributed by atoms with van der Waals surface area (Å²) in [5.74, 6) is 1.90. The summed E-state index contributed by atoms with van der Waals surface area (Å²) in [7, 11) is 0. The number of hydrogen-bond acceptors (Lipinski definition) is 1. The molecule has 0 amide bonds. The Kier molecular flexibility index (Phi) is 2.96. The number of aliphatic hydroxyl groups excluding tert-OH is 1. The summed E-state index contributed by atoms with van der Waals surface area (Å²) in [6, 6.07) is 8.69. The molecule has 1 N–H and O–H groups in total. The van der Waals surface area contributed by atoms with Gasteiger partial charge in [0.25, 0.3) is 0 Å². The molecule has 1 heteroatoms. The molecule has 4 unspecified atom stereocenters. The van der Waals surface area contributed by atoms with Crippen LogP contribution in [0, 0.1) is 11.8 Å². The zero-order valence-electron chi connectivity index (χ0n) is 10.6. The summed E-state index contributed by atoms with van der Waals surface area (Å²) < 4.78 is 0. The van der Waals surface area contributed by atoms with E-state index in [4.69, 9.17) is 0 Å². The molecular formula is C16H22O. The Hall–Kier alpha value is -0.820. The lowest BCUT2D eigenvalue weighted by atomic mass is 9.73. The minimum absolute atomic E-state index is 0.0779. The fraction of sp³-hybridized carbons (Fsp3) is 0.625. The van der Waals surface area contributed by atoms with Gasteiger partial charge in [-0.2, -0.15) is 0 Å². The SMILES string of the molecule is CC1CCCC1C(O)CC1Cc2ccccc21. The van der Waals surface area contributed by atoms with Gasteiger partial charge in [-0.1, -0.05) is 44.0 Å². The highest BCUT2D eigenvalue weighted by Crippen LogP contribution is 2.42. The van der Waals surface area contributed by atoms with Gasteiger partial charge in [0.05, 0.1) is 6.10 Å². The zero-order valence-corrected chi connectivity index (χ0v) is 10.6. The van der Waals surface area contributed by atoms with Gasteiger partial charge in [0.15, 0.2) is 0 Å². The topological polar surface area (TPSA) is 20.2 Å². The normalized spacial score (nSPS) is 32.9. The van der Waals surface area contributed by atoms with Crippen molar-refractivity contribution >= 4 is 0 Å². The molecule has 17 heavy (non-hydrogen) atoms. The van der Waals surface area contributed by atoms with Crippen molar-refractivity contribution in [3.05, 3.63) is 35.4 Å². The lowest BCUT2D eigenvalue weighted by Gasteiger charge is -2.34. The molecule has 0 bridgehead atoms. The van der Waals surface area contributed by atoms with Gasteiger partial charge in [-0.05, 0) is 48.1 Å². The van der Waals surface area contributed by atoms with Crippen LogP contribution < -0.4 is 0 Å². The molecular weight excluding hydrogens is 208 g/mol. The van der Waals surface area contributed by atoms with Crippen molar-refractivity contribution in [1.82, 2.24) is 0 Å². The number of aliphatic hydroxyl groups is 1. The quantitative estimate of drug-likeness (QED) is 0.842. The maximum atomic E-state index is 10.4. The Labute approximate surface area is 104 Å². The summed E-state index contributed by atoms with van der Waals surface area (Å²) >= 11 is 0. The first kappa shape index (κ1) is 11.3. The van der Waals surface area contributed by atoms with Crippen LogP contribution in [0.4, 0.5) is 0 Å². The van der Waals surface area contributed by atoms with E-state index in [0.717, 1.165) is 12.3 Å². The summed E-state index contributed by atoms with van der Waals surface area (Å²) in [5.41, 5.74) is 2.97. The Morgan fingerprint density at radius 3 is 2.82 bits per heavy atom. The van der Waals surface area contributed by atoms with Gasteiger partial charge in [0.2, 0.25) is 0 Å². The van der Waals surface area contributed by atoms with Crippen LogP contribution in [0.1, 0.15) is 49.7 Å².